The second-order valence-electron chi connectivity index (χ2n) is 6.42. The van der Waals surface area contributed by atoms with Crippen LogP contribution in [0.1, 0.15) is 40.1 Å². The van der Waals surface area contributed by atoms with Crippen molar-refractivity contribution in [1.82, 2.24) is 15.0 Å². The quantitative estimate of drug-likeness (QED) is 0.732. The van der Waals surface area contributed by atoms with E-state index >= 15 is 0 Å². The summed E-state index contributed by atoms with van der Waals surface area (Å²) in [7, 11) is 2.02. The molecule has 0 aliphatic heterocycles. The number of carbonyl (C=O) groups is 1. The summed E-state index contributed by atoms with van der Waals surface area (Å²) in [5.74, 6) is -0.147. The monoisotopic (exact) mass is 350 g/mol. The number of nitrogens with one attached hydrogen (secondary N) is 1. The number of amides is 1. The molecule has 2 aromatic heterocycles. The first-order valence-electron chi connectivity index (χ1n) is 8.45. The van der Waals surface area contributed by atoms with E-state index in [1.165, 1.54) is 0 Å². The van der Waals surface area contributed by atoms with E-state index in [0.29, 0.717) is 17.8 Å². The lowest BCUT2D eigenvalue weighted by Crippen LogP contribution is -2.22. The summed E-state index contributed by atoms with van der Waals surface area (Å²) >= 11 is 0. The molecule has 0 radical (unpaired) electrons. The van der Waals surface area contributed by atoms with Crippen LogP contribution >= 0.6 is 0 Å². The van der Waals surface area contributed by atoms with E-state index < -0.39 is 0 Å². The number of carbonyl (C=O) groups excluding carboxylic acids is 1. The van der Waals surface area contributed by atoms with E-state index in [4.69, 9.17) is 4.52 Å². The lowest BCUT2D eigenvalue weighted by molar-refractivity contribution is 0.102. The van der Waals surface area contributed by atoms with Gasteiger partial charge in [0.2, 0.25) is 0 Å². The molecule has 0 aliphatic carbocycles. The third kappa shape index (κ3) is 4.34. The van der Waals surface area contributed by atoms with Crippen molar-refractivity contribution >= 4 is 11.6 Å². The van der Waals surface area contributed by atoms with Crippen LogP contribution in [-0.4, -0.2) is 28.0 Å². The zero-order valence-electron chi connectivity index (χ0n) is 15.1. The van der Waals surface area contributed by atoms with Gasteiger partial charge in [0.15, 0.2) is 0 Å². The first-order chi connectivity index (χ1) is 12.5. The number of pyridine rings is 1. The van der Waals surface area contributed by atoms with Gasteiger partial charge < -0.3 is 9.84 Å². The van der Waals surface area contributed by atoms with Crippen molar-refractivity contribution in [3.05, 3.63) is 77.4 Å². The topological polar surface area (TPSA) is 71.3 Å². The van der Waals surface area contributed by atoms with Crippen LogP contribution in [0.2, 0.25) is 0 Å². The summed E-state index contributed by atoms with van der Waals surface area (Å²) < 4.78 is 4.92. The van der Waals surface area contributed by atoms with Crippen LogP contribution in [0.5, 0.6) is 0 Å². The lowest BCUT2D eigenvalue weighted by atomic mass is 10.1. The molecule has 0 saturated heterocycles. The first-order valence-corrected chi connectivity index (χ1v) is 8.45. The lowest BCUT2D eigenvalue weighted by Gasteiger charge is -2.23. The number of rotatable bonds is 6. The van der Waals surface area contributed by atoms with Crippen LogP contribution in [-0.2, 0) is 6.54 Å². The third-order valence-corrected chi connectivity index (χ3v) is 4.30. The number of hydrogen-bond donors (Lipinski definition) is 1. The zero-order chi connectivity index (χ0) is 18.5. The molecular formula is C20H22N4O2. The number of benzene rings is 1. The number of aryl methyl sites for hydroxylation is 1. The molecule has 26 heavy (non-hydrogen) atoms. The van der Waals surface area contributed by atoms with Gasteiger partial charge in [-0.25, -0.2) is 0 Å². The number of nitrogens with zero attached hydrogens (tertiary/aromatic N) is 3. The fourth-order valence-electron chi connectivity index (χ4n) is 2.73. The summed E-state index contributed by atoms with van der Waals surface area (Å²) in [6, 6.07) is 11.5. The standard InChI is InChI=1S/C20H22N4O2/c1-14-9-18(12-21-11-14)22-20(25)17-6-4-5-16(10-17)13-24(3)15(2)19-7-8-26-23-19/h4-12,15H,13H2,1-3H3,(H,22,25). The van der Waals surface area contributed by atoms with Crippen molar-refractivity contribution in [2.45, 2.75) is 26.4 Å². The molecule has 0 spiro atoms. The summed E-state index contributed by atoms with van der Waals surface area (Å²) in [5, 5.41) is 6.88. The molecule has 1 aromatic carbocycles. The molecule has 1 unspecified atom stereocenters. The Morgan fingerprint density at radius 1 is 1.27 bits per heavy atom. The molecule has 3 rings (SSSR count). The average molecular weight is 350 g/mol. The molecule has 6 nitrogen and oxygen atoms in total. The Morgan fingerprint density at radius 2 is 2.12 bits per heavy atom. The minimum Gasteiger partial charge on any atom is -0.364 e. The maximum atomic E-state index is 12.5. The fourth-order valence-corrected chi connectivity index (χ4v) is 2.73. The van der Waals surface area contributed by atoms with Crippen LogP contribution in [0.15, 0.2) is 59.6 Å². The van der Waals surface area contributed by atoms with Crippen molar-refractivity contribution in [2.24, 2.45) is 0 Å². The normalized spacial score (nSPS) is 12.2. The molecule has 2 heterocycles. The molecule has 0 aliphatic rings. The summed E-state index contributed by atoms with van der Waals surface area (Å²) in [6.07, 6.45) is 4.97. The van der Waals surface area contributed by atoms with E-state index in [0.717, 1.165) is 16.8 Å². The summed E-state index contributed by atoms with van der Waals surface area (Å²) in [6.45, 7) is 4.70. The second kappa shape index (κ2) is 7.93. The predicted molar refractivity (Wildman–Crippen MR) is 99.8 cm³/mol. The highest BCUT2D eigenvalue weighted by Gasteiger charge is 2.15. The number of anilines is 1. The molecule has 0 saturated carbocycles. The number of aromatic nitrogens is 2. The molecule has 1 N–H and O–H groups in total. The molecule has 6 heteroatoms. The van der Waals surface area contributed by atoms with Crippen LogP contribution in [0.3, 0.4) is 0 Å². The Morgan fingerprint density at radius 3 is 2.85 bits per heavy atom. The first kappa shape index (κ1) is 17.8. The number of hydrogen-bond acceptors (Lipinski definition) is 5. The van der Waals surface area contributed by atoms with Crippen molar-refractivity contribution in [3.8, 4) is 0 Å². The van der Waals surface area contributed by atoms with E-state index in [1.54, 1.807) is 18.7 Å². The van der Waals surface area contributed by atoms with E-state index in [9.17, 15) is 4.79 Å². The van der Waals surface area contributed by atoms with Gasteiger partial charge in [-0.3, -0.25) is 14.7 Å². The highest BCUT2D eigenvalue weighted by molar-refractivity contribution is 6.04. The SMILES string of the molecule is Cc1cncc(NC(=O)c2cccc(CN(C)C(C)c3ccon3)c2)c1. The van der Waals surface area contributed by atoms with E-state index in [1.807, 2.05) is 50.4 Å². The Labute approximate surface area is 152 Å². The summed E-state index contributed by atoms with van der Waals surface area (Å²) in [4.78, 5) is 18.8. The predicted octanol–water partition coefficient (Wildman–Crippen LogP) is 3.82. The van der Waals surface area contributed by atoms with E-state index in [2.05, 4.69) is 27.3 Å². The van der Waals surface area contributed by atoms with Crippen molar-refractivity contribution in [3.63, 3.8) is 0 Å². The fraction of sp³-hybridized carbons (Fsp3) is 0.250. The van der Waals surface area contributed by atoms with Gasteiger partial charge in [0.05, 0.1) is 17.9 Å². The maximum Gasteiger partial charge on any atom is 0.255 e. The second-order valence-corrected chi connectivity index (χ2v) is 6.42. The molecule has 0 bridgehead atoms. The smallest absolute Gasteiger partial charge is 0.255 e. The van der Waals surface area contributed by atoms with Gasteiger partial charge in [0, 0.05) is 24.4 Å². The summed E-state index contributed by atoms with van der Waals surface area (Å²) in [5.41, 5.74) is 4.25. The minimum atomic E-state index is -0.147. The van der Waals surface area contributed by atoms with Crippen molar-refractivity contribution < 1.29 is 9.32 Å². The molecule has 134 valence electrons. The van der Waals surface area contributed by atoms with Gasteiger partial charge in [0.1, 0.15) is 12.0 Å². The molecule has 1 atom stereocenters. The van der Waals surface area contributed by atoms with Gasteiger partial charge in [-0.15, -0.1) is 0 Å². The highest BCUT2D eigenvalue weighted by Crippen LogP contribution is 2.19. The van der Waals surface area contributed by atoms with Gasteiger partial charge in [-0.1, -0.05) is 17.3 Å². The van der Waals surface area contributed by atoms with Gasteiger partial charge in [0.25, 0.3) is 5.91 Å². The Kier molecular flexibility index (Phi) is 5.43. The van der Waals surface area contributed by atoms with Crippen LogP contribution < -0.4 is 5.32 Å². The highest BCUT2D eigenvalue weighted by atomic mass is 16.5. The minimum absolute atomic E-state index is 0.115. The van der Waals surface area contributed by atoms with Gasteiger partial charge in [-0.05, 0) is 50.2 Å². The Bertz CT molecular complexity index is 877. The zero-order valence-corrected chi connectivity index (χ0v) is 15.1. The Hall–Kier alpha value is -2.99. The molecule has 1 amide bonds. The largest absolute Gasteiger partial charge is 0.364 e. The molecule has 3 aromatic rings. The average Bonchev–Trinajstić information content (AvgIpc) is 3.16. The van der Waals surface area contributed by atoms with E-state index in [-0.39, 0.29) is 11.9 Å². The third-order valence-electron chi connectivity index (χ3n) is 4.30. The Balaban J connectivity index is 1.68. The van der Waals surface area contributed by atoms with Crippen LogP contribution in [0, 0.1) is 6.92 Å². The molecular weight excluding hydrogens is 328 g/mol. The van der Waals surface area contributed by atoms with Crippen molar-refractivity contribution in [2.75, 3.05) is 12.4 Å². The van der Waals surface area contributed by atoms with Crippen molar-refractivity contribution in [1.29, 1.82) is 0 Å². The van der Waals surface area contributed by atoms with Crippen LogP contribution in [0.25, 0.3) is 0 Å². The van der Waals surface area contributed by atoms with Gasteiger partial charge in [-0.2, -0.15) is 0 Å². The molecule has 0 fully saturated rings. The van der Waals surface area contributed by atoms with Crippen LogP contribution in [0.4, 0.5) is 5.69 Å². The van der Waals surface area contributed by atoms with Gasteiger partial charge >= 0.3 is 0 Å². The maximum absolute atomic E-state index is 12.5.